The Labute approximate surface area is 133 Å². The van der Waals surface area contributed by atoms with Crippen molar-refractivity contribution in [1.82, 2.24) is 10.3 Å². The number of aromatic nitrogens is 1. The van der Waals surface area contributed by atoms with Gasteiger partial charge >= 0.3 is 0 Å². The SMILES string of the molecule is COc1ccccc1C(=O)NCCc1c[nH]c2cc(F)ccc12. The smallest absolute Gasteiger partial charge is 0.255 e. The number of para-hydroxylation sites is 1. The van der Waals surface area contributed by atoms with Crippen molar-refractivity contribution in [3.63, 3.8) is 0 Å². The van der Waals surface area contributed by atoms with Crippen LogP contribution in [-0.2, 0) is 6.42 Å². The van der Waals surface area contributed by atoms with E-state index in [4.69, 9.17) is 4.74 Å². The first-order valence-corrected chi connectivity index (χ1v) is 7.36. The van der Waals surface area contributed by atoms with Crippen LogP contribution < -0.4 is 10.1 Å². The number of rotatable bonds is 5. The summed E-state index contributed by atoms with van der Waals surface area (Å²) in [5.41, 5.74) is 2.31. The highest BCUT2D eigenvalue weighted by atomic mass is 19.1. The van der Waals surface area contributed by atoms with Crippen LogP contribution in [0.25, 0.3) is 10.9 Å². The molecule has 5 heteroatoms. The number of carbonyl (C=O) groups is 1. The second kappa shape index (κ2) is 6.52. The van der Waals surface area contributed by atoms with Crippen LogP contribution in [0.2, 0.25) is 0 Å². The van der Waals surface area contributed by atoms with Gasteiger partial charge in [-0.3, -0.25) is 4.79 Å². The lowest BCUT2D eigenvalue weighted by Gasteiger charge is -2.08. The van der Waals surface area contributed by atoms with E-state index in [1.54, 1.807) is 24.3 Å². The van der Waals surface area contributed by atoms with Crippen molar-refractivity contribution < 1.29 is 13.9 Å². The summed E-state index contributed by atoms with van der Waals surface area (Å²) in [5.74, 6) is 0.108. The Kier molecular flexibility index (Phi) is 4.28. The molecular weight excluding hydrogens is 295 g/mol. The summed E-state index contributed by atoms with van der Waals surface area (Å²) in [6.07, 6.45) is 2.51. The fourth-order valence-corrected chi connectivity index (χ4v) is 2.60. The third-order valence-corrected chi connectivity index (χ3v) is 3.76. The zero-order chi connectivity index (χ0) is 16.2. The van der Waals surface area contributed by atoms with E-state index in [0.29, 0.717) is 24.3 Å². The van der Waals surface area contributed by atoms with E-state index in [1.807, 2.05) is 12.3 Å². The molecule has 23 heavy (non-hydrogen) atoms. The number of hydrogen-bond donors (Lipinski definition) is 2. The Hall–Kier alpha value is -2.82. The van der Waals surface area contributed by atoms with Gasteiger partial charge in [0.15, 0.2) is 0 Å². The monoisotopic (exact) mass is 312 g/mol. The van der Waals surface area contributed by atoms with Gasteiger partial charge in [0.25, 0.3) is 5.91 Å². The topological polar surface area (TPSA) is 54.1 Å². The summed E-state index contributed by atoms with van der Waals surface area (Å²) in [4.78, 5) is 15.3. The highest BCUT2D eigenvalue weighted by Gasteiger charge is 2.11. The molecule has 1 aromatic heterocycles. The third-order valence-electron chi connectivity index (χ3n) is 3.76. The Morgan fingerprint density at radius 3 is 2.91 bits per heavy atom. The zero-order valence-corrected chi connectivity index (χ0v) is 12.7. The first kappa shape index (κ1) is 15.1. The van der Waals surface area contributed by atoms with Gasteiger partial charge in [0.2, 0.25) is 0 Å². The lowest BCUT2D eigenvalue weighted by Crippen LogP contribution is -2.26. The minimum atomic E-state index is -0.268. The van der Waals surface area contributed by atoms with Crippen LogP contribution in [0.4, 0.5) is 4.39 Å². The van der Waals surface area contributed by atoms with Crippen molar-refractivity contribution >= 4 is 16.8 Å². The normalized spacial score (nSPS) is 10.7. The average molecular weight is 312 g/mol. The first-order valence-electron chi connectivity index (χ1n) is 7.36. The number of hydrogen-bond acceptors (Lipinski definition) is 2. The molecule has 0 radical (unpaired) electrons. The molecule has 0 aliphatic carbocycles. The molecule has 2 N–H and O–H groups in total. The minimum absolute atomic E-state index is 0.173. The number of fused-ring (bicyclic) bond motifs is 1. The quantitative estimate of drug-likeness (QED) is 0.759. The summed E-state index contributed by atoms with van der Waals surface area (Å²) in [5, 5.41) is 3.85. The maximum atomic E-state index is 13.2. The standard InChI is InChI=1S/C18H17FN2O2/c1-23-17-5-3-2-4-15(17)18(22)20-9-8-12-11-21-16-10-13(19)6-7-14(12)16/h2-7,10-11,21H,8-9H2,1H3,(H,20,22). The molecule has 0 unspecified atom stereocenters. The number of nitrogens with one attached hydrogen (secondary N) is 2. The summed E-state index contributed by atoms with van der Waals surface area (Å²) < 4.78 is 18.4. The Morgan fingerprint density at radius 2 is 2.09 bits per heavy atom. The molecule has 0 aliphatic heterocycles. The van der Waals surface area contributed by atoms with E-state index in [0.717, 1.165) is 16.5 Å². The molecular formula is C18H17FN2O2. The van der Waals surface area contributed by atoms with Crippen LogP contribution in [-0.4, -0.2) is 24.5 Å². The fourth-order valence-electron chi connectivity index (χ4n) is 2.60. The molecule has 2 aromatic carbocycles. The molecule has 3 aromatic rings. The van der Waals surface area contributed by atoms with E-state index in [2.05, 4.69) is 10.3 Å². The molecule has 1 amide bonds. The van der Waals surface area contributed by atoms with Crippen molar-refractivity contribution in [3.8, 4) is 5.75 Å². The van der Waals surface area contributed by atoms with Crippen LogP contribution in [0.3, 0.4) is 0 Å². The fraction of sp³-hybridized carbons (Fsp3) is 0.167. The van der Waals surface area contributed by atoms with Crippen LogP contribution in [0, 0.1) is 5.82 Å². The Morgan fingerprint density at radius 1 is 1.26 bits per heavy atom. The lowest BCUT2D eigenvalue weighted by molar-refractivity contribution is 0.0951. The predicted molar refractivity (Wildman–Crippen MR) is 87.3 cm³/mol. The summed E-state index contributed by atoms with van der Waals surface area (Å²) in [7, 11) is 1.54. The van der Waals surface area contributed by atoms with Crippen LogP contribution >= 0.6 is 0 Å². The number of aromatic amines is 1. The second-order valence-electron chi connectivity index (χ2n) is 5.21. The van der Waals surface area contributed by atoms with Gasteiger partial charge in [0.05, 0.1) is 12.7 Å². The molecule has 0 fully saturated rings. The molecule has 3 rings (SSSR count). The molecule has 1 heterocycles. The summed E-state index contributed by atoms with van der Waals surface area (Å²) in [6.45, 7) is 0.487. The summed E-state index contributed by atoms with van der Waals surface area (Å²) in [6, 6.07) is 11.7. The molecule has 0 aliphatic rings. The molecule has 0 saturated carbocycles. The number of methoxy groups -OCH3 is 1. The van der Waals surface area contributed by atoms with Gasteiger partial charge in [-0.15, -0.1) is 0 Å². The molecule has 0 bridgehead atoms. The largest absolute Gasteiger partial charge is 0.496 e. The van der Waals surface area contributed by atoms with E-state index >= 15 is 0 Å². The van der Waals surface area contributed by atoms with Crippen molar-refractivity contribution in [1.29, 1.82) is 0 Å². The van der Waals surface area contributed by atoms with Crippen LogP contribution in [0.5, 0.6) is 5.75 Å². The highest BCUT2D eigenvalue weighted by molar-refractivity contribution is 5.96. The van der Waals surface area contributed by atoms with Gasteiger partial charge < -0.3 is 15.0 Å². The zero-order valence-electron chi connectivity index (χ0n) is 12.7. The average Bonchev–Trinajstić information content (AvgIpc) is 2.96. The second-order valence-corrected chi connectivity index (χ2v) is 5.21. The van der Waals surface area contributed by atoms with Gasteiger partial charge in [0, 0.05) is 23.6 Å². The summed E-state index contributed by atoms with van der Waals surface area (Å²) >= 11 is 0. The number of amides is 1. The molecule has 118 valence electrons. The highest BCUT2D eigenvalue weighted by Crippen LogP contribution is 2.20. The van der Waals surface area contributed by atoms with Crippen molar-refractivity contribution in [3.05, 3.63) is 65.6 Å². The Bertz CT molecular complexity index is 842. The van der Waals surface area contributed by atoms with Crippen molar-refractivity contribution in [2.75, 3.05) is 13.7 Å². The molecule has 0 saturated heterocycles. The number of halogens is 1. The van der Waals surface area contributed by atoms with Gasteiger partial charge in [-0.1, -0.05) is 12.1 Å². The van der Waals surface area contributed by atoms with Crippen LogP contribution in [0.1, 0.15) is 15.9 Å². The molecule has 0 spiro atoms. The van der Waals surface area contributed by atoms with Crippen LogP contribution in [0.15, 0.2) is 48.7 Å². The third kappa shape index (κ3) is 3.18. The van der Waals surface area contributed by atoms with E-state index in [1.165, 1.54) is 19.2 Å². The van der Waals surface area contributed by atoms with Gasteiger partial charge in [-0.05, 0) is 42.3 Å². The number of carbonyl (C=O) groups excluding carboxylic acids is 1. The number of H-pyrrole nitrogens is 1. The molecule has 4 nitrogen and oxygen atoms in total. The molecule has 0 atom stereocenters. The van der Waals surface area contributed by atoms with E-state index in [9.17, 15) is 9.18 Å². The number of ether oxygens (including phenoxy) is 1. The maximum absolute atomic E-state index is 13.2. The van der Waals surface area contributed by atoms with E-state index < -0.39 is 0 Å². The Balaban J connectivity index is 1.65. The van der Waals surface area contributed by atoms with Gasteiger partial charge in [-0.2, -0.15) is 0 Å². The minimum Gasteiger partial charge on any atom is -0.496 e. The number of benzene rings is 2. The predicted octanol–water partition coefficient (Wildman–Crippen LogP) is 3.29. The van der Waals surface area contributed by atoms with Gasteiger partial charge in [0.1, 0.15) is 11.6 Å². The first-order chi connectivity index (χ1) is 11.2. The van der Waals surface area contributed by atoms with Gasteiger partial charge in [-0.25, -0.2) is 4.39 Å². The van der Waals surface area contributed by atoms with Crippen molar-refractivity contribution in [2.24, 2.45) is 0 Å². The maximum Gasteiger partial charge on any atom is 0.255 e. The van der Waals surface area contributed by atoms with E-state index in [-0.39, 0.29) is 11.7 Å². The van der Waals surface area contributed by atoms with Crippen molar-refractivity contribution in [2.45, 2.75) is 6.42 Å². The lowest BCUT2D eigenvalue weighted by atomic mass is 10.1.